The quantitative estimate of drug-likeness (QED) is 0.910. The number of carbonyl (C=O) groups excluding carboxylic acids is 1. The molecule has 0 aliphatic carbocycles. The van der Waals surface area contributed by atoms with Crippen LogP contribution in [0.25, 0.3) is 0 Å². The van der Waals surface area contributed by atoms with Crippen LogP contribution in [-0.2, 0) is 0 Å². The molecule has 0 saturated carbocycles. The van der Waals surface area contributed by atoms with Gasteiger partial charge in [0.2, 0.25) is 0 Å². The molecule has 21 heavy (non-hydrogen) atoms. The Morgan fingerprint density at radius 3 is 2.52 bits per heavy atom. The van der Waals surface area contributed by atoms with Gasteiger partial charge in [-0.1, -0.05) is 23.8 Å². The van der Waals surface area contributed by atoms with E-state index in [1.807, 2.05) is 32.9 Å². The summed E-state index contributed by atoms with van der Waals surface area (Å²) in [5.74, 6) is -0.358. The number of hydrogen-bond donors (Lipinski definition) is 2. The molecule has 0 fully saturated rings. The van der Waals surface area contributed by atoms with Crippen LogP contribution in [0.5, 0.6) is 0 Å². The highest BCUT2D eigenvalue weighted by Crippen LogP contribution is 2.18. The second kappa shape index (κ2) is 5.95. The summed E-state index contributed by atoms with van der Waals surface area (Å²) in [5, 5.41) is 2.87. The van der Waals surface area contributed by atoms with Crippen molar-refractivity contribution in [3.63, 3.8) is 0 Å². The van der Waals surface area contributed by atoms with Crippen molar-refractivity contribution in [3.8, 4) is 0 Å². The molecular formula is C17H20N2O2. The average Bonchev–Trinajstić information content (AvgIpc) is 2.37. The van der Waals surface area contributed by atoms with Crippen LogP contribution < -0.4 is 10.7 Å². The Morgan fingerprint density at radius 2 is 1.90 bits per heavy atom. The van der Waals surface area contributed by atoms with Crippen molar-refractivity contribution >= 4 is 5.91 Å². The molecule has 0 saturated heterocycles. The standard InChI is InChI=1S/C17H20N2O2/c1-10-5-6-14(11(2)7-10)13(4)19-17(21)15-9-18-12(3)8-16(15)20/h5-9,13H,1-4H3,(H,18,20)(H,19,21). The summed E-state index contributed by atoms with van der Waals surface area (Å²) in [7, 11) is 0. The van der Waals surface area contributed by atoms with Gasteiger partial charge >= 0.3 is 0 Å². The van der Waals surface area contributed by atoms with Crippen LogP contribution in [-0.4, -0.2) is 10.9 Å². The van der Waals surface area contributed by atoms with E-state index >= 15 is 0 Å². The minimum Gasteiger partial charge on any atom is -0.364 e. The van der Waals surface area contributed by atoms with Gasteiger partial charge in [-0.15, -0.1) is 0 Å². The highest BCUT2D eigenvalue weighted by atomic mass is 16.2. The first-order chi connectivity index (χ1) is 9.88. The molecule has 2 rings (SSSR count). The molecule has 0 radical (unpaired) electrons. The molecule has 1 amide bonds. The van der Waals surface area contributed by atoms with E-state index in [-0.39, 0.29) is 22.9 Å². The molecule has 2 N–H and O–H groups in total. The van der Waals surface area contributed by atoms with E-state index < -0.39 is 0 Å². The van der Waals surface area contributed by atoms with E-state index in [9.17, 15) is 9.59 Å². The number of aromatic amines is 1. The largest absolute Gasteiger partial charge is 0.364 e. The van der Waals surface area contributed by atoms with Crippen molar-refractivity contribution in [2.24, 2.45) is 0 Å². The summed E-state index contributed by atoms with van der Waals surface area (Å²) in [6, 6.07) is 7.38. The van der Waals surface area contributed by atoms with Gasteiger partial charge in [-0.2, -0.15) is 0 Å². The van der Waals surface area contributed by atoms with Gasteiger partial charge in [0.15, 0.2) is 5.43 Å². The van der Waals surface area contributed by atoms with Crippen LogP contribution in [0.3, 0.4) is 0 Å². The number of amides is 1. The van der Waals surface area contributed by atoms with Gasteiger partial charge in [-0.3, -0.25) is 9.59 Å². The van der Waals surface area contributed by atoms with E-state index in [4.69, 9.17) is 0 Å². The number of rotatable bonds is 3. The molecule has 1 atom stereocenters. The maximum atomic E-state index is 12.2. The molecule has 2 aromatic rings. The Morgan fingerprint density at radius 1 is 1.19 bits per heavy atom. The molecule has 1 heterocycles. The van der Waals surface area contributed by atoms with Crippen LogP contribution in [0.15, 0.2) is 35.3 Å². The molecular weight excluding hydrogens is 264 g/mol. The summed E-state index contributed by atoms with van der Waals surface area (Å²) < 4.78 is 0. The molecule has 0 aliphatic rings. The maximum Gasteiger partial charge on any atom is 0.257 e. The number of carbonyl (C=O) groups is 1. The Labute approximate surface area is 124 Å². The second-order valence-corrected chi connectivity index (χ2v) is 5.45. The zero-order valence-electron chi connectivity index (χ0n) is 12.8. The van der Waals surface area contributed by atoms with Crippen molar-refractivity contribution in [3.05, 3.63) is 68.6 Å². The van der Waals surface area contributed by atoms with Crippen molar-refractivity contribution in [2.75, 3.05) is 0 Å². The first-order valence-corrected chi connectivity index (χ1v) is 6.96. The van der Waals surface area contributed by atoms with Crippen LogP contribution in [0.4, 0.5) is 0 Å². The van der Waals surface area contributed by atoms with Gasteiger partial charge in [0.05, 0.1) is 6.04 Å². The molecule has 1 unspecified atom stereocenters. The fourth-order valence-electron chi connectivity index (χ4n) is 2.41. The van der Waals surface area contributed by atoms with Gasteiger partial charge in [0, 0.05) is 18.0 Å². The monoisotopic (exact) mass is 284 g/mol. The lowest BCUT2D eigenvalue weighted by Crippen LogP contribution is -2.31. The lowest BCUT2D eigenvalue weighted by atomic mass is 10.00. The number of aromatic nitrogens is 1. The minimum atomic E-state index is -0.358. The topological polar surface area (TPSA) is 62.0 Å². The Hall–Kier alpha value is -2.36. The highest BCUT2D eigenvalue weighted by molar-refractivity contribution is 5.94. The number of nitrogens with one attached hydrogen (secondary N) is 2. The van der Waals surface area contributed by atoms with Crippen LogP contribution in [0.1, 0.15) is 45.7 Å². The molecule has 4 heteroatoms. The van der Waals surface area contributed by atoms with Gasteiger partial charge in [0.1, 0.15) is 5.56 Å². The van der Waals surface area contributed by atoms with Crippen molar-refractivity contribution in [2.45, 2.75) is 33.7 Å². The van der Waals surface area contributed by atoms with Crippen LogP contribution in [0, 0.1) is 20.8 Å². The van der Waals surface area contributed by atoms with Gasteiger partial charge in [-0.25, -0.2) is 0 Å². The molecule has 4 nitrogen and oxygen atoms in total. The molecule has 1 aromatic carbocycles. The fraction of sp³-hybridized carbons (Fsp3) is 0.294. The molecule has 1 aromatic heterocycles. The van der Waals surface area contributed by atoms with Crippen LogP contribution >= 0.6 is 0 Å². The predicted molar refractivity (Wildman–Crippen MR) is 83.6 cm³/mol. The lowest BCUT2D eigenvalue weighted by molar-refractivity contribution is 0.0938. The zero-order valence-corrected chi connectivity index (χ0v) is 12.8. The summed E-state index contributed by atoms with van der Waals surface area (Å²) in [6.07, 6.45) is 1.46. The molecule has 0 spiro atoms. The van der Waals surface area contributed by atoms with Gasteiger partial charge in [0.25, 0.3) is 5.91 Å². The number of hydrogen-bond acceptors (Lipinski definition) is 2. The number of pyridine rings is 1. The smallest absolute Gasteiger partial charge is 0.257 e. The van der Waals surface area contributed by atoms with E-state index in [1.165, 1.54) is 17.8 Å². The first-order valence-electron chi connectivity index (χ1n) is 6.96. The first kappa shape index (κ1) is 15.0. The van der Waals surface area contributed by atoms with Gasteiger partial charge in [-0.05, 0) is 38.8 Å². The Balaban J connectivity index is 2.20. The minimum absolute atomic E-state index is 0.136. The van der Waals surface area contributed by atoms with E-state index in [0.717, 1.165) is 16.8 Å². The normalized spacial score (nSPS) is 12.0. The number of aryl methyl sites for hydroxylation is 3. The second-order valence-electron chi connectivity index (χ2n) is 5.45. The number of benzene rings is 1. The Bertz CT molecular complexity index is 732. The SMILES string of the molecule is Cc1ccc(C(C)NC(=O)c2c[nH]c(C)cc2=O)c(C)c1. The lowest BCUT2D eigenvalue weighted by Gasteiger charge is -2.17. The van der Waals surface area contributed by atoms with E-state index in [0.29, 0.717) is 0 Å². The third kappa shape index (κ3) is 3.40. The summed E-state index contributed by atoms with van der Waals surface area (Å²) in [4.78, 5) is 26.9. The highest BCUT2D eigenvalue weighted by Gasteiger charge is 2.15. The van der Waals surface area contributed by atoms with Gasteiger partial charge < -0.3 is 10.3 Å². The third-order valence-corrected chi connectivity index (χ3v) is 3.54. The van der Waals surface area contributed by atoms with Crippen molar-refractivity contribution < 1.29 is 4.79 Å². The zero-order chi connectivity index (χ0) is 15.6. The predicted octanol–water partition coefficient (Wildman–Crippen LogP) is 2.79. The maximum absolute atomic E-state index is 12.2. The van der Waals surface area contributed by atoms with Crippen molar-refractivity contribution in [1.29, 1.82) is 0 Å². The number of H-pyrrole nitrogens is 1. The average molecular weight is 284 g/mol. The summed E-state index contributed by atoms with van der Waals surface area (Å²) in [5.41, 5.74) is 3.97. The summed E-state index contributed by atoms with van der Waals surface area (Å²) in [6.45, 7) is 7.74. The van der Waals surface area contributed by atoms with E-state index in [1.54, 1.807) is 6.92 Å². The summed E-state index contributed by atoms with van der Waals surface area (Å²) >= 11 is 0. The molecule has 0 aliphatic heterocycles. The molecule has 110 valence electrons. The third-order valence-electron chi connectivity index (χ3n) is 3.54. The fourth-order valence-corrected chi connectivity index (χ4v) is 2.41. The van der Waals surface area contributed by atoms with Crippen molar-refractivity contribution in [1.82, 2.24) is 10.3 Å². The van der Waals surface area contributed by atoms with E-state index in [2.05, 4.69) is 16.4 Å². The van der Waals surface area contributed by atoms with Crippen LogP contribution in [0.2, 0.25) is 0 Å². The molecule has 0 bridgehead atoms. The Kier molecular flexibility index (Phi) is 4.26.